The maximum Gasteiger partial charge on any atom is 0.0951 e. The molecule has 0 amide bonds. The lowest BCUT2D eigenvalue weighted by Crippen LogP contribution is -2.16. The molecule has 3 heteroatoms. The van der Waals surface area contributed by atoms with Gasteiger partial charge in [0.2, 0.25) is 0 Å². The molecule has 12 heavy (non-hydrogen) atoms. The first-order valence-electron chi connectivity index (χ1n) is 4.20. The number of hydrogen-bond acceptors (Lipinski definition) is 3. The Labute approximate surface area is 72.5 Å². The van der Waals surface area contributed by atoms with Crippen molar-refractivity contribution >= 4 is 0 Å². The van der Waals surface area contributed by atoms with Crippen LogP contribution in [0.5, 0.6) is 0 Å². The Kier molecular flexibility index (Phi) is 3.84. The fraction of sp³-hybridized carbons (Fsp3) is 0.556. The van der Waals surface area contributed by atoms with Crippen LogP contribution in [0.15, 0.2) is 23.0 Å². The average Bonchev–Trinajstić information content (AvgIpc) is 2.56. The highest BCUT2D eigenvalue weighted by Gasteiger charge is 2.05. The first-order valence-corrected chi connectivity index (χ1v) is 4.20. The molecule has 0 aliphatic carbocycles. The van der Waals surface area contributed by atoms with E-state index in [0.29, 0.717) is 6.61 Å². The van der Waals surface area contributed by atoms with Crippen molar-refractivity contribution in [3.8, 4) is 0 Å². The molecule has 0 aliphatic heterocycles. The second-order valence-electron chi connectivity index (χ2n) is 2.74. The van der Waals surface area contributed by atoms with Crippen LogP contribution in [0.4, 0.5) is 0 Å². The van der Waals surface area contributed by atoms with E-state index in [4.69, 9.17) is 14.9 Å². The summed E-state index contributed by atoms with van der Waals surface area (Å²) in [6.45, 7) is 3.41. The molecule has 0 aromatic carbocycles. The molecular formula is C9H15NO2. The van der Waals surface area contributed by atoms with Crippen LogP contribution in [0.2, 0.25) is 0 Å². The van der Waals surface area contributed by atoms with Gasteiger partial charge in [-0.05, 0) is 12.5 Å². The van der Waals surface area contributed by atoms with E-state index in [-0.39, 0.29) is 6.04 Å². The Morgan fingerprint density at radius 3 is 3.08 bits per heavy atom. The van der Waals surface area contributed by atoms with Crippen molar-refractivity contribution in [3.05, 3.63) is 24.2 Å². The highest BCUT2D eigenvalue weighted by molar-refractivity contribution is 5.10. The van der Waals surface area contributed by atoms with Crippen LogP contribution in [0.25, 0.3) is 0 Å². The monoisotopic (exact) mass is 169 g/mol. The topological polar surface area (TPSA) is 48.4 Å². The second kappa shape index (κ2) is 4.95. The molecule has 68 valence electrons. The van der Waals surface area contributed by atoms with Gasteiger partial charge < -0.3 is 14.9 Å². The van der Waals surface area contributed by atoms with Crippen molar-refractivity contribution in [3.63, 3.8) is 0 Å². The fourth-order valence-corrected chi connectivity index (χ4v) is 0.937. The maximum atomic E-state index is 5.80. The molecule has 1 atom stereocenters. The first kappa shape index (κ1) is 9.29. The van der Waals surface area contributed by atoms with Crippen LogP contribution in [-0.2, 0) is 4.74 Å². The normalized spacial score (nSPS) is 13.2. The van der Waals surface area contributed by atoms with Crippen LogP contribution in [0.1, 0.15) is 24.9 Å². The van der Waals surface area contributed by atoms with E-state index in [1.807, 2.05) is 6.07 Å². The third-order valence-electron chi connectivity index (χ3n) is 1.62. The molecule has 1 heterocycles. The van der Waals surface area contributed by atoms with E-state index in [2.05, 4.69) is 6.92 Å². The van der Waals surface area contributed by atoms with Gasteiger partial charge in [-0.25, -0.2) is 0 Å². The Morgan fingerprint density at radius 1 is 1.67 bits per heavy atom. The summed E-state index contributed by atoms with van der Waals surface area (Å²) in [6.07, 6.45) is 4.30. The van der Waals surface area contributed by atoms with E-state index < -0.39 is 0 Å². The zero-order chi connectivity index (χ0) is 8.81. The van der Waals surface area contributed by atoms with Crippen LogP contribution in [-0.4, -0.2) is 13.2 Å². The van der Waals surface area contributed by atoms with Gasteiger partial charge in [-0.3, -0.25) is 0 Å². The lowest BCUT2D eigenvalue weighted by molar-refractivity contribution is 0.121. The Bertz CT molecular complexity index is 196. The second-order valence-corrected chi connectivity index (χ2v) is 2.74. The highest BCUT2D eigenvalue weighted by Crippen LogP contribution is 2.10. The standard InChI is InChI=1S/C9H15NO2/c1-2-4-11-7-9(10)8-3-5-12-6-8/h3,5-6,9H,2,4,7,10H2,1H3. The third kappa shape index (κ3) is 2.68. The molecule has 0 saturated carbocycles. The number of nitrogens with two attached hydrogens (primary N) is 1. The van der Waals surface area contributed by atoms with Crippen molar-refractivity contribution < 1.29 is 9.15 Å². The molecule has 2 N–H and O–H groups in total. The minimum absolute atomic E-state index is 0.0599. The van der Waals surface area contributed by atoms with E-state index in [9.17, 15) is 0 Å². The van der Waals surface area contributed by atoms with E-state index in [1.165, 1.54) is 0 Å². The Balaban J connectivity index is 2.25. The fourth-order valence-electron chi connectivity index (χ4n) is 0.937. The molecule has 1 aromatic heterocycles. The first-order chi connectivity index (χ1) is 5.84. The van der Waals surface area contributed by atoms with E-state index in [0.717, 1.165) is 18.6 Å². The zero-order valence-electron chi connectivity index (χ0n) is 7.32. The minimum atomic E-state index is -0.0599. The van der Waals surface area contributed by atoms with Crippen molar-refractivity contribution in [1.82, 2.24) is 0 Å². The van der Waals surface area contributed by atoms with E-state index >= 15 is 0 Å². The zero-order valence-corrected chi connectivity index (χ0v) is 7.32. The van der Waals surface area contributed by atoms with Crippen LogP contribution >= 0.6 is 0 Å². The summed E-state index contributed by atoms with van der Waals surface area (Å²) in [5.74, 6) is 0. The number of furan rings is 1. The molecule has 0 saturated heterocycles. The molecule has 1 rings (SSSR count). The summed E-state index contributed by atoms with van der Waals surface area (Å²) in [4.78, 5) is 0. The smallest absolute Gasteiger partial charge is 0.0951 e. The maximum absolute atomic E-state index is 5.80. The van der Waals surface area contributed by atoms with Gasteiger partial charge >= 0.3 is 0 Å². The molecule has 1 aromatic rings. The van der Waals surface area contributed by atoms with Crippen LogP contribution in [0, 0.1) is 0 Å². The number of ether oxygens (including phenoxy) is 1. The molecule has 0 bridgehead atoms. The summed E-state index contributed by atoms with van der Waals surface area (Å²) >= 11 is 0. The Hall–Kier alpha value is -0.800. The van der Waals surface area contributed by atoms with Crippen molar-refractivity contribution in [2.24, 2.45) is 5.73 Å². The molecule has 0 spiro atoms. The third-order valence-corrected chi connectivity index (χ3v) is 1.62. The lowest BCUT2D eigenvalue weighted by Gasteiger charge is -2.08. The van der Waals surface area contributed by atoms with Crippen molar-refractivity contribution in [2.75, 3.05) is 13.2 Å². The quantitative estimate of drug-likeness (QED) is 0.682. The van der Waals surface area contributed by atoms with Crippen LogP contribution < -0.4 is 5.73 Å². The number of hydrogen-bond donors (Lipinski definition) is 1. The van der Waals surface area contributed by atoms with Crippen molar-refractivity contribution in [2.45, 2.75) is 19.4 Å². The largest absolute Gasteiger partial charge is 0.472 e. The summed E-state index contributed by atoms with van der Waals surface area (Å²) < 4.78 is 10.2. The van der Waals surface area contributed by atoms with Gasteiger partial charge in [0.1, 0.15) is 0 Å². The highest BCUT2D eigenvalue weighted by atomic mass is 16.5. The van der Waals surface area contributed by atoms with Crippen LogP contribution in [0.3, 0.4) is 0 Å². The van der Waals surface area contributed by atoms with Gasteiger partial charge in [0, 0.05) is 12.2 Å². The SMILES string of the molecule is CCCOCC(N)c1ccoc1. The van der Waals surface area contributed by atoms with Gasteiger partial charge in [0.05, 0.1) is 25.2 Å². The number of rotatable bonds is 5. The molecule has 3 nitrogen and oxygen atoms in total. The molecular weight excluding hydrogens is 154 g/mol. The average molecular weight is 169 g/mol. The van der Waals surface area contributed by atoms with Gasteiger partial charge in [-0.2, -0.15) is 0 Å². The van der Waals surface area contributed by atoms with Gasteiger partial charge in [-0.15, -0.1) is 0 Å². The predicted molar refractivity (Wildman–Crippen MR) is 46.7 cm³/mol. The van der Waals surface area contributed by atoms with E-state index in [1.54, 1.807) is 12.5 Å². The Morgan fingerprint density at radius 2 is 2.50 bits per heavy atom. The molecule has 0 radical (unpaired) electrons. The summed E-state index contributed by atoms with van der Waals surface area (Å²) in [7, 11) is 0. The van der Waals surface area contributed by atoms with Gasteiger partial charge in [0.15, 0.2) is 0 Å². The predicted octanol–water partition coefficient (Wildman–Crippen LogP) is 1.71. The van der Waals surface area contributed by atoms with Crippen molar-refractivity contribution in [1.29, 1.82) is 0 Å². The molecule has 1 unspecified atom stereocenters. The lowest BCUT2D eigenvalue weighted by atomic mass is 10.2. The summed E-state index contributed by atoms with van der Waals surface area (Å²) in [5.41, 5.74) is 6.79. The minimum Gasteiger partial charge on any atom is -0.472 e. The summed E-state index contributed by atoms with van der Waals surface area (Å²) in [6, 6.07) is 1.80. The van der Waals surface area contributed by atoms with Gasteiger partial charge in [-0.1, -0.05) is 6.92 Å². The molecule has 0 aliphatic rings. The summed E-state index contributed by atoms with van der Waals surface area (Å²) in [5, 5.41) is 0. The molecule has 0 fully saturated rings. The van der Waals surface area contributed by atoms with Gasteiger partial charge in [0.25, 0.3) is 0 Å².